The zero-order chi connectivity index (χ0) is 16.9. The number of methoxy groups -OCH3 is 2. The molecule has 0 saturated heterocycles. The zero-order valence-corrected chi connectivity index (χ0v) is 13.9. The molecule has 0 aliphatic carbocycles. The molecule has 0 radical (unpaired) electrons. The van der Waals surface area contributed by atoms with E-state index in [0.29, 0.717) is 29.6 Å². The van der Waals surface area contributed by atoms with Crippen LogP contribution in [0.25, 0.3) is 0 Å². The molecule has 2 aromatic heterocycles. The molecule has 126 valence electrons. The summed E-state index contributed by atoms with van der Waals surface area (Å²) in [5.74, 6) is 2.81. The van der Waals surface area contributed by atoms with Gasteiger partial charge in [0.25, 0.3) is 0 Å². The second-order valence-corrected chi connectivity index (χ2v) is 5.60. The summed E-state index contributed by atoms with van der Waals surface area (Å²) in [5, 5.41) is 4.04. The maximum absolute atomic E-state index is 5.40. The molecule has 0 aliphatic rings. The Morgan fingerprint density at radius 1 is 1.21 bits per heavy atom. The van der Waals surface area contributed by atoms with Crippen molar-refractivity contribution in [3.05, 3.63) is 53.7 Å². The molecule has 24 heavy (non-hydrogen) atoms. The SMILES string of the molecule is COc1ccc(CC(C)c2nc(Cc3cnc[nH]3)no2)cc1OC. The number of hydrogen-bond donors (Lipinski definition) is 1. The van der Waals surface area contributed by atoms with E-state index in [0.717, 1.165) is 17.7 Å². The topological polar surface area (TPSA) is 86.1 Å². The number of ether oxygens (including phenoxy) is 2. The van der Waals surface area contributed by atoms with Gasteiger partial charge in [-0.05, 0) is 24.1 Å². The summed E-state index contributed by atoms with van der Waals surface area (Å²) < 4.78 is 16.0. The summed E-state index contributed by atoms with van der Waals surface area (Å²) >= 11 is 0. The summed E-state index contributed by atoms with van der Waals surface area (Å²) in [6.07, 6.45) is 4.73. The molecule has 1 unspecified atom stereocenters. The van der Waals surface area contributed by atoms with Crippen LogP contribution >= 0.6 is 0 Å². The highest BCUT2D eigenvalue weighted by molar-refractivity contribution is 5.43. The van der Waals surface area contributed by atoms with Crippen LogP contribution < -0.4 is 9.47 Å². The molecular formula is C17H20N4O3. The summed E-state index contributed by atoms with van der Waals surface area (Å²) in [4.78, 5) is 11.5. The average Bonchev–Trinajstić information content (AvgIpc) is 3.27. The highest BCUT2D eigenvalue weighted by atomic mass is 16.5. The van der Waals surface area contributed by atoms with Gasteiger partial charge < -0.3 is 19.0 Å². The Labute approximate surface area is 140 Å². The number of nitrogens with zero attached hydrogens (tertiary/aromatic N) is 3. The van der Waals surface area contributed by atoms with Gasteiger partial charge in [0.1, 0.15) is 0 Å². The molecule has 0 bridgehead atoms. The number of benzene rings is 1. The van der Waals surface area contributed by atoms with Crippen LogP contribution in [-0.4, -0.2) is 34.3 Å². The minimum atomic E-state index is 0.103. The Hall–Kier alpha value is -2.83. The first-order chi connectivity index (χ1) is 11.7. The molecule has 0 saturated carbocycles. The van der Waals surface area contributed by atoms with E-state index in [1.807, 2.05) is 18.2 Å². The number of aromatic nitrogens is 4. The van der Waals surface area contributed by atoms with Gasteiger partial charge in [-0.1, -0.05) is 18.1 Å². The number of rotatable bonds is 7. The van der Waals surface area contributed by atoms with Gasteiger partial charge in [-0.2, -0.15) is 4.98 Å². The summed E-state index contributed by atoms with van der Waals surface area (Å²) in [6.45, 7) is 2.06. The Bertz CT molecular complexity index is 783. The summed E-state index contributed by atoms with van der Waals surface area (Å²) in [5.41, 5.74) is 2.07. The van der Waals surface area contributed by atoms with Crippen molar-refractivity contribution in [3.8, 4) is 11.5 Å². The first-order valence-corrected chi connectivity index (χ1v) is 7.70. The largest absolute Gasteiger partial charge is 0.493 e. The van der Waals surface area contributed by atoms with Gasteiger partial charge in [0.2, 0.25) is 5.89 Å². The third kappa shape index (κ3) is 3.56. The lowest BCUT2D eigenvalue weighted by atomic mass is 10.0. The molecule has 3 rings (SSSR count). The molecular weight excluding hydrogens is 308 g/mol. The van der Waals surface area contributed by atoms with Crippen LogP contribution in [0.4, 0.5) is 0 Å². The van der Waals surface area contributed by atoms with E-state index in [2.05, 4.69) is 27.0 Å². The molecule has 0 aliphatic heterocycles. The van der Waals surface area contributed by atoms with E-state index in [1.165, 1.54) is 0 Å². The van der Waals surface area contributed by atoms with Crippen molar-refractivity contribution in [2.45, 2.75) is 25.7 Å². The molecule has 0 fully saturated rings. The maximum atomic E-state index is 5.40. The molecule has 1 N–H and O–H groups in total. The van der Waals surface area contributed by atoms with Gasteiger partial charge in [0.15, 0.2) is 17.3 Å². The molecule has 0 amide bonds. The van der Waals surface area contributed by atoms with E-state index >= 15 is 0 Å². The van der Waals surface area contributed by atoms with Crippen LogP contribution in [0.1, 0.15) is 35.8 Å². The van der Waals surface area contributed by atoms with Crippen LogP contribution in [0.3, 0.4) is 0 Å². The molecule has 2 heterocycles. The van der Waals surface area contributed by atoms with Crippen LogP contribution in [0.15, 0.2) is 35.2 Å². The predicted molar refractivity (Wildman–Crippen MR) is 87.4 cm³/mol. The van der Waals surface area contributed by atoms with E-state index in [-0.39, 0.29) is 5.92 Å². The Kier molecular flexibility index (Phi) is 4.79. The van der Waals surface area contributed by atoms with Crippen molar-refractivity contribution in [1.82, 2.24) is 20.1 Å². The Balaban J connectivity index is 1.68. The van der Waals surface area contributed by atoms with E-state index in [1.54, 1.807) is 26.7 Å². The first kappa shape index (κ1) is 16.0. The van der Waals surface area contributed by atoms with Crippen molar-refractivity contribution >= 4 is 0 Å². The highest BCUT2D eigenvalue weighted by Gasteiger charge is 2.16. The van der Waals surface area contributed by atoms with Gasteiger partial charge in [0, 0.05) is 17.8 Å². The quantitative estimate of drug-likeness (QED) is 0.718. The monoisotopic (exact) mass is 328 g/mol. The average molecular weight is 328 g/mol. The third-order valence-corrected chi connectivity index (χ3v) is 3.80. The van der Waals surface area contributed by atoms with Crippen molar-refractivity contribution in [1.29, 1.82) is 0 Å². The fourth-order valence-corrected chi connectivity index (χ4v) is 2.54. The standard InChI is InChI=1S/C17H20N4O3/c1-11(6-12-4-5-14(22-2)15(7-12)23-3)17-20-16(21-24-17)8-13-9-18-10-19-13/h4-5,7,9-11H,6,8H2,1-3H3,(H,18,19). The molecule has 7 nitrogen and oxygen atoms in total. The van der Waals surface area contributed by atoms with Crippen LogP contribution in [-0.2, 0) is 12.8 Å². The van der Waals surface area contributed by atoms with Gasteiger partial charge >= 0.3 is 0 Å². The molecule has 3 aromatic rings. The number of H-pyrrole nitrogens is 1. The molecule has 1 aromatic carbocycles. The first-order valence-electron chi connectivity index (χ1n) is 7.70. The Morgan fingerprint density at radius 3 is 2.75 bits per heavy atom. The summed E-state index contributed by atoms with van der Waals surface area (Å²) in [6, 6.07) is 5.88. The molecule has 0 spiro atoms. The second-order valence-electron chi connectivity index (χ2n) is 5.60. The molecule has 7 heteroatoms. The highest BCUT2D eigenvalue weighted by Crippen LogP contribution is 2.29. The number of nitrogens with one attached hydrogen (secondary N) is 1. The van der Waals surface area contributed by atoms with E-state index < -0.39 is 0 Å². The van der Waals surface area contributed by atoms with Crippen LogP contribution in [0, 0.1) is 0 Å². The number of aromatic amines is 1. The van der Waals surface area contributed by atoms with Gasteiger partial charge in [-0.3, -0.25) is 0 Å². The molecule has 1 atom stereocenters. The Morgan fingerprint density at radius 2 is 2.04 bits per heavy atom. The smallest absolute Gasteiger partial charge is 0.229 e. The van der Waals surface area contributed by atoms with E-state index in [9.17, 15) is 0 Å². The normalized spacial score (nSPS) is 12.1. The van der Waals surface area contributed by atoms with Crippen molar-refractivity contribution in [2.24, 2.45) is 0 Å². The minimum Gasteiger partial charge on any atom is -0.493 e. The van der Waals surface area contributed by atoms with Gasteiger partial charge in [-0.25, -0.2) is 4.98 Å². The van der Waals surface area contributed by atoms with Gasteiger partial charge in [-0.15, -0.1) is 0 Å². The number of imidazole rings is 1. The second kappa shape index (κ2) is 7.16. The fraction of sp³-hybridized carbons (Fsp3) is 0.353. The van der Waals surface area contributed by atoms with Crippen molar-refractivity contribution in [3.63, 3.8) is 0 Å². The fourth-order valence-electron chi connectivity index (χ4n) is 2.54. The lowest BCUT2D eigenvalue weighted by molar-refractivity contribution is 0.351. The van der Waals surface area contributed by atoms with Crippen LogP contribution in [0.5, 0.6) is 11.5 Å². The van der Waals surface area contributed by atoms with Crippen molar-refractivity contribution in [2.75, 3.05) is 14.2 Å². The van der Waals surface area contributed by atoms with Crippen molar-refractivity contribution < 1.29 is 14.0 Å². The lowest BCUT2D eigenvalue weighted by Crippen LogP contribution is -2.01. The lowest BCUT2D eigenvalue weighted by Gasteiger charge is -2.11. The van der Waals surface area contributed by atoms with E-state index in [4.69, 9.17) is 14.0 Å². The maximum Gasteiger partial charge on any atom is 0.229 e. The minimum absolute atomic E-state index is 0.103. The number of hydrogen-bond acceptors (Lipinski definition) is 6. The third-order valence-electron chi connectivity index (χ3n) is 3.80. The zero-order valence-electron chi connectivity index (χ0n) is 13.9. The van der Waals surface area contributed by atoms with Crippen LogP contribution in [0.2, 0.25) is 0 Å². The van der Waals surface area contributed by atoms with Gasteiger partial charge in [0.05, 0.1) is 27.0 Å². The summed E-state index contributed by atoms with van der Waals surface area (Å²) in [7, 11) is 3.25. The predicted octanol–water partition coefficient (Wildman–Crippen LogP) is 2.75.